The molecule has 1 aromatic carbocycles. The van der Waals surface area contributed by atoms with Gasteiger partial charge in [0.05, 0.1) is 17.4 Å². The third-order valence-electron chi connectivity index (χ3n) is 2.77. The van der Waals surface area contributed by atoms with Crippen molar-refractivity contribution in [2.45, 2.75) is 11.3 Å². The molecule has 1 aliphatic heterocycles. The number of amides is 1. The van der Waals surface area contributed by atoms with Crippen molar-refractivity contribution in [3.8, 4) is 0 Å². The Hall–Kier alpha value is -1.89. The first-order valence-electron chi connectivity index (χ1n) is 5.26. The summed E-state index contributed by atoms with van der Waals surface area (Å²) in [5, 5.41) is 8.81. The lowest BCUT2D eigenvalue weighted by Crippen LogP contribution is -2.33. The molecule has 1 unspecified atom stereocenters. The first-order chi connectivity index (χ1) is 8.43. The topological polar surface area (TPSA) is 91.8 Å². The quantitative estimate of drug-likeness (QED) is 0.852. The van der Waals surface area contributed by atoms with Crippen LogP contribution in [0.3, 0.4) is 0 Å². The average molecular weight is 269 g/mol. The van der Waals surface area contributed by atoms with Crippen LogP contribution >= 0.6 is 0 Å². The zero-order chi connectivity index (χ0) is 13.3. The van der Waals surface area contributed by atoms with E-state index < -0.39 is 27.8 Å². The average Bonchev–Trinajstić information content (AvgIpc) is 2.73. The van der Waals surface area contributed by atoms with Crippen LogP contribution in [0.1, 0.15) is 6.42 Å². The highest BCUT2D eigenvalue weighted by atomic mass is 32.2. The number of hydrogen-bond acceptors (Lipinski definition) is 4. The smallest absolute Gasteiger partial charge is 0.308 e. The molecule has 1 aliphatic rings. The molecule has 0 saturated carbocycles. The van der Waals surface area contributed by atoms with Gasteiger partial charge in [-0.3, -0.25) is 9.59 Å². The van der Waals surface area contributed by atoms with E-state index in [9.17, 15) is 18.0 Å². The lowest BCUT2D eigenvalue weighted by molar-refractivity contribution is -0.141. The largest absolute Gasteiger partial charge is 0.481 e. The minimum absolute atomic E-state index is 0.00983. The molecule has 1 aromatic rings. The van der Waals surface area contributed by atoms with E-state index in [1.54, 1.807) is 18.2 Å². The maximum absolute atomic E-state index is 12.1. The summed E-state index contributed by atoms with van der Waals surface area (Å²) < 4.78 is 24.9. The second kappa shape index (κ2) is 4.41. The number of carboxylic acid groups (broad SMARTS) is 1. The number of aliphatic carboxylic acids is 1. The highest BCUT2D eigenvalue weighted by Crippen LogP contribution is 2.25. The zero-order valence-corrected chi connectivity index (χ0v) is 10.1. The van der Waals surface area contributed by atoms with Crippen molar-refractivity contribution in [1.82, 2.24) is 4.31 Å². The summed E-state index contributed by atoms with van der Waals surface area (Å²) in [7, 11) is -3.93. The maximum Gasteiger partial charge on any atom is 0.308 e. The summed E-state index contributed by atoms with van der Waals surface area (Å²) in [6, 6.07) is 7.49. The fourth-order valence-corrected chi connectivity index (χ4v) is 3.27. The molecule has 1 amide bonds. The molecule has 6 nitrogen and oxygen atoms in total. The number of carbonyl (C=O) groups is 2. The molecule has 0 bridgehead atoms. The Labute approximate surface area is 104 Å². The summed E-state index contributed by atoms with van der Waals surface area (Å²) in [5.74, 6) is -2.80. The second-order valence-electron chi connectivity index (χ2n) is 3.98. The Bertz CT molecular complexity index is 581. The van der Waals surface area contributed by atoms with Crippen molar-refractivity contribution in [3.63, 3.8) is 0 Å². The molecule has 1 N–H and O–H groups in total. The summed E-state index contributed by atoms with van der Waals surface area (Å²) in [6.45, 7) is -0.300. The standard InChI is InChI=1S/C11H11NO5S/c13-10-6-8(11(14)15)7-12(10)18(16,17)9-4-2-1-3-5-9/h1-5,8H,6-7H2,(H,14,15). The van der Waals surface area contributed by atoms with Crippen LogP contribution in [0, 0.1) is 5.92 Å². The van der Waals surface area contributed by atoms with Crippen molar-refractivity contribution >= 4 is 21.9 Å². The van der Waals surface area contributed by atoms with Gasteiger partial charge in [0, 0.05) is 6.42 Å². The lowest BCUT2D eigenvalue weighted by Gasteiger charge is -2.16. The molecule has 18 heavy (non-hydrogen) atoms. The summed E-state index contributed by atoms with van der Waals surface area (Å²) in [5.41, 5.74) is 0. The zero-order valence-electron chi connectivity index (χ0n) is 9.31. The monoisotopic (exact) mass is 269 g/mol. The Kier molecular flexibility index (Phi) is 3.08. The number of benzene rings is 1. The van der Waals surface area contributed by atoms with E-state index in [-0.39, 0.29) is 17.9 Å². The van der Waals surface area contributed by atoms with Crippen LogP contribution in [0.5, 0.6) is 0 Å². The highest BCUT2D eigenvalue weighted by Gasteiger charge is 2.41. The molecule has 7 heteroatoms. The Morgan fingerprint density at radius 1 is 1.28 bits per heavy atom. The van der Waals surface area contributed by atoms with Gasteiger partial charge in [-0.1, -0.05) is 18.2 Å². The number of nitrogens with zero attached hydrogens (tertiary/aromatic N) is 1. The van der Waals surface area contributed by atoms with Gasteiger partial charge in [-0.15, -0.1) is 0 Å². The molecular formula is C11H11NO5S. The SMILES string of the molecule is O=C(O)C1CC(=O)N(S(=O)(=O)c2ccccc2)C1. The Morgan fingerprint density at radius 3 is 2.39 bits per heavy atom. The van der Waals surface area contributed by atoms with Crippen molar-refractivity contribution in [2.75, 3.05) is 6.54 Å². The molecule has 0 aromatic heterocycles. The van der Waals surface area contributed by atoms with Gasteiger partial charge < -0.3 is 5.11 Å². The number of carboxylic acids is 1. The highest BCUT2D eigenvalue weighted by molar-refractivity contribution is 7.89. The van der Waals surface area contributed by atoms with Crippen LogP contribution in [0.4, 0.5) is 0 Å². The summed E-state index contributed by atoms with van der Waals surface area (Å²) in [6.07, 6.45) is -0.276. The number of hydrogen-bond donors (Lipinski definition) is 1. The van der Waals surface area contributed by atoms with Crippen LogP contribution in [0.2, 0.25) is 0 Å². The third kappa shape index (κ3) is 2.08. The molecule has 1 heterocycles. The maximum atomic E-state index is 12.1. The third-order valence-corrected chi connectivity index (χ3v) is 4.57. The van der Waals surface area contributed by atoms with E-state index in [4.69, 9.17) is 5.11 Å². The van der Waals surface area contributed by atoms with E-state index in [0.29, 0.717) is 4.31 Å². The van der Waals surface area contributed by atoms with Gasteiger partial charge in [-0.2, -0.15) is 0 Å². The molecule has 0 radical (unpaired) electrons. The predicted molar refractivity (Wildman–Crippen MR) is 61.1 cm³/mol. The molecule has 0 aliphatic carbocycles. The lowest BCUT2D eigenvalue weighted by atomic mass is 10.1. The second-order valence-corrected chi connectivity index (χ2v) is 5.84. The summed E-state index contributed by atoms with van der Waals surface area (Å²) in [4.78, 5) is 22.4. The molecule has 1 atom stereocenters. The normalized spacial score (nSPS) is 20.1. The van der Waals surface area contributed by atoms with E-state index in [0.717, 1.165) is 0 Å². The summed E-state index contributed by atoms with van der Waals surface area (Å²) >= 11 is 0. The van der Waals surface area contributed by atoms with Crippen LogP contribution in [-0.4, -0.2) is 36.3 Å². The van der Waals surface area contributed by atoms with E-state index in [1.165, 1.54) is 12.1 Å². The molecule has 1 fully saturated rings. The Balaban J connectivity index is 2.33. The first kappa shape index (κ1) is 12.6. The number of sulfonamides is 1. The molecular weight excluding hydrogens is 258 g/mol. The molecule has 2 rings (SSSR count). The van der Waals surface area contributed by atoms with Gasteiger partial charge in [0.25, 0.3) is 10.0 Å². The van der Waals surface area contributed by atoms with E-state index >= 15 is 0 Å². The number of rotatable bonds is 3. The van der Waals surface area contributed by atoms with Crippen LogP contribution in [-0.2, 0) is 19.6 Å². The van der Waals surface area contributed by atoms with Crippen LogP contribution in [0.25, 0.3) is 0 Å². The molecule has 1 saturated heterocycles. The van der Waals surface area contributed by atoms with Crippen LogP contribution < -0.4 is 0 Å². The van der Waals surface area contributed by atoms with E-state index in [2.05, 4.69) is 0 Å². The van der Waals surface area contributed by atoms with Gasteiger partial charge in [0.15, 0.2) is 0 Å². The van der Waals surface area contributed by atoms with Crippen molar-refractivity contribution in [3.05, 3.63) is 30.3 Å². The van der Waals surface area contributed by atoms with Crippen molar-refractivity contribution < 1.29 is 23.1 Å². The van der Waals surface area contributed by atoms with Gasteiger partial charge in [-0.05, 0) is 12.1 Å². The van der Waals surface area contributed by atoms with Gasteiger partial charge in [-0.25, -0.2) is 12.7 Å². The van der Waals surface area contributed by atoms with Gasteiger partial charge >= 0.3 is 5.97 Å². The van der Waals surface area contributed by atoms with Gasteiger partial charge in [0.2, 0.25) is 5.91 Å². The van der Waals surface area contributed by atoms with Crippen molar-refractivity contribution in [2.24, 2.45) is 5.92 Å². The molecule has 96 valence electrons. The van der Waals surface area contributed by atoms with Crippen molar-refractivity contribution in [1.29, 1.82) is 0 Å². The predicted octanol–water partition coefficient (Wildman–Crippen LogP) is 0.308. The van der Waals surface area contributed by atoms with E-state index in [1.807, 2.05) is 0 Å². The Morgan fingerprint density at radius 2 is 1.89 bits per heavy atom. The fraction of sp³-hybridized carbons (Fsp3) is 0.273. The number of carbonyl (C=O) groups excluding carboxylic acids is 1. The molecule has 0 spiro atoms. The van der Waals surface area contributed by atoms with Crippen LogP contribution in [0.15, 0.2) is 35.2 Å². The fourth-order valence-electron chi connectivity index (χ4n) is 1.80. The minimum atomic E-state index is -3.93. The first-order valence-corrected chi connectivity index (χ1v) is 6.70. The minimum Gasteiger partial charge on any atom is -0.481 e. The van der Waals surface area contributed by atoms with Gasteiger partial charge in [0.1, 0.15) is 0 Å².